The third kappa shape index (κ3) is 107. The second-order valence-corrected chi connectivity index (χ2v) is 1.14. The van der Waals surface area contributed by atoms with Crippen molar-refractivity contribution in [3.05, 3.63) is 38.2 Å². The standard InChI is InChI=1S/2C4H7.2ClH.2Pd/c2*1-3-4-2;;;;/h2*3-4H,1H2,2H3;2*1H;;/p-2. The zero-order valence-electron chi connectivity index (χ0n) is 7.11. The first-order valence-electron chi connectivity index (χ1n) is 2.64. The Kier molecular flexibility index (Phi) is 174. The van der Waals surface area contributed by atoms with Crippen LogP contribution in [0.3, 0.4) is 0 Å². The molecule has 0 aromatic heterocycles. The molecule has 0 saturated heterocycles. The Morgan fingerprint density at radius 2 is 0.833 bits per heavy atom. The maximum Gasteiger partial charge on any atom is 0 e. The summed E-state index contributed by atoms with van der Waals surface area (Å²) in [6.07, 6.45) is 7.28. The van der Waals surface area contributed by atoms with Crippen LogP contribution in [-0.4, -0.2) is 0 Å². The van der Waals surface area contributed by atoms with E-state index in [-0.39, 0.29) is 65.7 Å². The van der Waals surface area contributed by atoms with Gasteiger partial charge in [-0.25, -0.2) is 0 Å². The zero-order valence-corrected chi connectivity index (χ0v) is 11.7. The third-order valence-corrected chi connectivity index (χ3v) is 0.471. The Bertz CT molecular complexity index is 51.0. The molecule has 4 heteroatoms. The van der Waals surface area contributed by atoms with Crippen molar-refractivity contribution in [2.45, 2.75) is 13.8 Å². The molecule has 0 aliphatic heterocycles. The molecule has 0 atom stereocenters. The van der Waals surface area contributed by atoms with E-state index in [2.05, 4.69) is 13.2 Å². The van der Waals surface area contributed by atoms with Crippen LogP contribution in [0.2, 0.25) is 0 Å². The van der Waals surface area contributed by atoms with E-state index in [1.807, 2.05) is 26.7 Å². The fourth-order valence-electron chi connectivity index (χ4n) is 0. The van der Waals surface area contributed by atoms with Crippen LogP contribution < -0.4 is 24.8 Å². The van der Waals surface area contributed by atoms with Gasteiger partial charge in [-0.1, -0.05) is 26.0 Å². The molecule has 0 bridgehead atoms. The molecule has 0 amide bonds. The molecule has 0 aliphatic rings. The van der Waals surface area contributed by atoms with Gasteiger partial charge < -0.3 is 24.8 Å². The first kappa shape index (κ1) is 37.6. The second-order valence-electron chi connectivity index (χ2n) is 1.14. The van der Waals surface area contributed by atoms with E-state index in [0.717, 1.165) is 0 Å². The van der Waals surface area contributed by atoms with Crippen LogP contribution in [0.4, 0.5) is 0 Å². The van der Waals surface area contributed by atoms with Gasteiger partial charge >= 0.3 is 0 Å². The predicted octanol–water partition coefficient (Wildman–Crippen LogP) is -3.20. The molecule has 0 heterocycles. The average Bonchev–Trinajstić information content (AvgIpc) is 1.88. The van der Waals surface area contributed by atoms with Gasteiger partial charge in [0, 0.05) is 40.8 Å². The average molecular weight is 394 g/mol. The van der Waals surface area contributed by atoms with E-state index in [9.17, 15) is 0 Å². The van der Waals surface area contributed by atoms with Crippen molar-refractivity contribution in [1.29, 1.82) is 0 Å². The minimum Gasteiger partial charge on any atom is -1.00 e. The molecular weight excluding hydrogens is 380 g/mol. The molecule has 0 unspecified atom stereocenters. The van der Waals surface area contributed by atoms with Crippen molar-refractivity contribution >= 4 is 0 Å². The topological polar surface area (TPSA) is 0 Å². The molecule has 82 valence electrons. The Hall–Kier alpha value is 1.38. The summed E-state index contributed by atoms with van der Waals surface area (Å²) in [4.78, 5) is 0. The summed E-state index contributed by atoms with van der Waals surface area (Å²) >= 11 is 0. The van der Waals surface area contributed by atoms with Crippen molar-refractivity contribution in [2.75, 3.05) is 0 Å². The maximum atomic E-state index is 3.42. The van der Waals surface area contributed by atoms with Crippen molar-refractivity contribution in [2.24, 2.45) is 0 Å². The summed E-state index contributed by atoms with van der Waals surface area (Å²) in [6.45, 7) is 10.7. The molecule has 0 fully saturated rings. The molecule has 0 nitrogen and oxygen atoms in total. The number of hydrogen-bond acceptors (Lipinski definition) is 0. The van der Waals surface area contributed by atoms with Gasteiger partial charge in [0.15, 0.2) is 0 Å². The van der Waals surface area contributed by atoms with Crippen molar-refractivity contribution in [3.8, 4) is 0 Å². The molecule has 0 spiro atoms. The Morgan fingerprint density at radius 1 is 0.750 bits per heavy atom. The Labute approximate surface area is 117 Å². The molecule has 0 aromatic rings. The van der Waals surface area contributed by atoms with Gasteiger partial charge in [0.2, 0.25) is 0 Å². The minimum absolute atomic E-state index is 0. The molecule has 0 aromatic carbocycles. The van der Waals surface area contributed by atoms with Crippen LogP contribution in [-0.2, 0) is 40.8 Å². The van der Waals surface area contributed by atoms with Gasteiger partial charge in [-0.05, 0) is 12.8 Å². The number of rotatable bonds is 2. The van der Waals surface area contributed by atoms with Crippen LogP contribution in [0.15, 0.2) is 25.3 Å². The summed E-state index contributed by atoms with van der Waals surface area (Å²) in [5.41, 5.74) is 0. The summed E-state index contributed by atoms with van der Waals surface area (Å²) in [7, 11) is 0. The Morgan fingerprint density at radius 3 is 0.833 bits per heavy atom. The van der Waals surface area contributed by atoms with Gasteiger partial charge in [-0.3, -0.25) is 0 Å². The summed E-state index contributed by atoms with van der Waals surface area (Å²) in [5, 5.41) is 0. The van der Waals surface area contributed by atoms with Crippen LogP contribution in [0.25, 0.3) is 0 Å². The first-order valence-corrected chi connectivity index (χ1v) is 2.64. The molecule has 2 radical (unpaired) electrons. The summed E-state index contributed by atoms with van der Waals surface area (Å²) < 4.78 is 0. The number of allylic oxidation sites excluding steroid dienone is 2. The van der Waals surface area contributed by atoms with Crippen molar-refractivity contribution < 1.29 is 65.7 Å². The molecule has 0 saturated carbocycles. The molecule has 0 N–H and O–H groups in total. The van der Waals surface area contributed by atoms with Crippen LogP contribution in [0.1, 0.15) is 13.8 Å². The van der Waals surface area contributed by atoms with E-state index in [4.69, 9.17) is 0 Å². The van der Waals surface area contributed by atoms with E-state index in [0.29, 0.717) is 0 Å². The molecule has 0 aliphatic carbocycles. The van der Waals surface area contributed by atoms with Crippen molar-refractivity contribution in [3.63, 3.8) is 0 Å². The van der Waals surface area contributed by atoms with Gasteiger partial charge in [-0.2, -0.15) is 0 Å². The largest absolute Gasteiger partial charge is 1.00 e. The zero-order chi connectivity index (χ0) is 6.83. The normalized spacial score (nSPS) is 4.17. The van der Waals surface area contributed by atoms with E-state index < -0.39 is 0 Å². The predicted molar refractivity (Wildman–Crippen MR) is 40.3 cm³/mol. The Balaban J connectivity index is -0.0000000112. The first-order chi connectivity index (χ1) is 3.83. The quantitative estimate of drug-likeness (QED) is 0.433. The van der Waals surface area contributed by atoms with E-state index >= 15 is 0 Å². The van der Waals surface area contributed by atoms with Crippen LogP contribution in [0, 0.1) is 12.8 Å². The van der Waals surface area contributed by atoms with Crippen molar-refractivity contribution in [1.82, 2.24) is 0 Å². The summed E-state index contributed by atoms with van der Waals surface area (Å²) in [6, 6.07) is 0. The van der Waals surface area contributed by atoms with Gasteiger partial charge in [0.05, 0.1) is 0 Å². The van der Waals surface area contributed by atoms with Gasteiger partial charge in [0.1, 0.15) is 0 Å². The number of hydrogen-bond donors (Lipinski definition) is 0. The van der Waals surface area contributed by atoms with Crippen LogP contribution >= 0.6 is 0 Å². The van der Waals surface area contributed by atoms with Crippen LogP contribution in [0.5, 0.6) is 0 Å². The molecule has 0 rings (SSSR count). The SMILES string of the molecule is C=C[CH]C.C=C[CH]C.[Cl-].[Cl-].[Pd].[Pd]. The van der Waals surface area contributed by atoms with Gasteiger partial charge in [0.25, 0.3) is 0 Å². The summed E-state index contributed by atoms with van der Waals surface area (Å²) in [5.74, 6) is 0. The molecular formula is C8H14Cl2Pd2-2. The monoisotopic (exact) mass is 392 g/mol. The smallest absolute Gasteiger partial charge is 0 e. The maximum absolute atomic E-state index is 3.42. The minimum atomic E-state index is 0. The fraction of sp³-hybridized carbons (Fsp3) is 0.250. The van der Waals surface area contributed by atoms with Gasteiger partial charge in [-0.15, -0.1) is 13.2 Å². The van der Waals surface area contributed by atoms with E-state index in [1.165, 1.54) is 0 Å². The van der Waals surface area contributed by atoms with E-state index in [1.54, 1.807) is 12.2 Å². The fourth-order valence-corrected chi connectivity index (χ4v) is 0. The second kappa shape index (κ2) is 55.4. The number of halogens is 2. The molecule has 12 heavy (non-hydrogen) atoms. The third-order valence-electron chi connectivity index (χ3n) is 0.471.